The maximum atomic E-state index is 12.6. The average Bonchev–Trinajstić information content (AvgIpc) is 2.71. The summed E-state index contributed by atoms with van der Waals surface area (Å²) in [6, 6.07) is 9.21. The second kappa shape index (κ2) is 9.04. The van der Waals surface area contributed by atoms with Crippen molar-refractivity contribution in [2.24, 2.45) is 0 Å². The van der Waals surface area contributed by atoms with Gasteiger partial charge in [0.15, 0.2) is 0 Å². The van der Waals surface area contributed by atoms with E-state index in [2.05, 4.69) is 12.0 Å². The summed E-state index contributed by atoms with van der Waals surface area (Å²) in [5.74, 6) is 0.215. The Kier molecular flexibility index (Phi) is 6.50. The molecule has 1 aliphatic heterocycles. The van der Waals surface area contributed by atoms with E-state index in [1.807, 2.05) is 40.1 Å². The standard InChI is InChI=1S/C20H25ClN4O2/c1-2-3-5-10-18(26)24-13-11-23(12-14-24)17-15-22-25(20(27)19(17)21)16-8-6-4-7-9-16/h4,6-9,15H,2-3,5,10-14H2,1H3. The molecular formula is C20H25ClN4O2. The minimum Gasteiger partial charge on any atom is -0.365 e. The van der Waals surface area contributed by atoms with Gasteiger partial charge in [0.2, 0.25) is 5.91 Å². The molecule has 0 bridgehead atoms. The third kappa shape index (κ3) is 4.50. The maximum Gasteiger partial charge on any atom is 0.292 e. The second-order valence-corrected chi connectivity index (χ2v) is 7.10. The Hall–Kier alpha value is -2.34. The van der Waals surface area contributed by atoms with Gasteiger partial charge in [-0.25, -0.2) is 0 Å². The highest BCUT2D eigenvalue weighted by Gasteiger charge is 2.23. The minimum absolute atomic E-state index is 0.163. The summed E-state index contributed by atoms with van der Waals surface area (Å²) in [6.07, 6.45) is 5.40. The van der Waals surface area contributed by atoms with Crippen molar-refractivity contribution < 1.29 is 4.79 Å². The molecule has 0 N–H and O–H groups in total. The van der Waals surface area contributed by atoms with Crippen LogP contribution in [0.5, 0.6) is 0 Å². The lowest BCUT2D eigenvalue weighted by Crippen LogP contribution is -2.49. The molecule has 1 aromatic heterocycles. The van der Waals surface area contributed by atoms with Crippen molar-refractivity contribution in [2.45, 2.75) is 32.6 Å². The maximum absolute atomic E-state index is 12.6. The number of carbonyl (C=O) groups is 1. The summed E-state index contributed by atoms with van der Waals surface area (Å²) in [7, 11) is 0. The van der Waals surface area contributed by atoms with Gasteiger partial charge in [-0.3, -0.25) is 9.59 Å². The number of benzene rings is 1. The highest BCUT2D eigenvalue weighted by molar-refractivity contribution is 6.33. The molecule has 0 saturated carbocycles. The predicted molar refractivity (Wildman–Crippen MR) is 108 cm³/mol. The Bertz CT molecular complexity index is 830. The first-order chi connectivity index (χ1) is 13.1. The number of halogens is 1. The minimum atomic E-state index is -0.335. The third-order valence-corrected chi connectivity index (χ3v) is 5.22. The van der Waals surface area contributed by atoms with Gasteiger partial charge in [0.1, 0.15) is 5.02 Å². The Morgan fingerprint density at radius 2 is 1.81 bits per heavy atom. The van der Waals surface area contributed by atoms with Crippen LogP contribution in [-0.4, -0.2) is 46.8 Å². The van der Waals surface area contributed by atoms with E-state index in [4.69, 9.17) is 11.6 Å². The van der Waals surface area contributed by atoms with Gasteiger partial charge in [-0.05, 0) is 18.6 Å². The first kappa shape index (κ1) is 19.4. The molecule has 6 nitrogen and oxygen atoms in total. The van der Waals surface area contributed by atoms with Crippen LogP contribution < -0.4 is 10.5 Å². The molecule has 3 rings (SSSR count). The van der Waals surface area contributed by atoms with Crippen molar-refractivity contribution in [1.29, 1.82) is 0 Å². The number of unbranched alkanes of at least 4 members (excludes halogenated alkanes) is 2. The van der Waals surface area contributed by atoms with Crippen molar-refractivity contribution in [3.63, 3.8) is 0 Å². The molecule has 1 fully saturated rings. The summed E-state index contributed by atoms with van der Waals surface area (Å²) in [4.78, 5) is 28.8. The molecule has 7 heteroatoms. The molecule has 144 valence electrons. The zero-order chi connectivity index (χ0) is 19.2. The Morgan fingerprint density at radius 3 is 2.48 bits per heavy atom. The van der Waals surface area contributed by atoms with Gasteiger partial charge in [0.25, 0.3) is 5.56 Å². The second-order valence-electron chi connectivity index (χ2n) is 6.72. The number of aromatic nitrogens is 2. The number of rotatable bonds is 6. The van der Waals surface area contributed by atoms with E-state index >= 15 is 0 Å². The number of hydrogen-bond acceptors (Lipinski definition) is 4. The first-order valence-corrected chi connectivity index (χ1v) is 9.85. The van der Waals surface area contributed by atoms with Gasteiger partial charge in [-0.2, -0.15) is 9.78 Å². The highest BCUT2D eigenvalue weighted by atomic mass is 35.5. The normalized spacial score (nSPS) is 14.4. The van der Waals surface area contributed by atoms with E-state index in [1.54, 1.807) is 6.20 Å². The van der Waals surface area contributed by atoms with E-state index in [1.165, 1.54) is 4.68 Å². The molecule has 0 radical (unpaired) electrons. The molecular weight excluding hydrogens is 364 g/mol. The highest BCUT2D eigenvalue weighted by Crippen LogP contribution is 2.23. The molecule has 1 aliphatic rings. The number of anilines is 1. The van der Waals surface area contributed by atoms with E-state index in [-0.39, 0.29) is 16.5 Å². The lowest BCUT2D eigenvalue weighted by atomic mass is 10.2. The number of piperazine rings is 1. The molecule has 0 unspecified atom stereocenters. The fourth-order valence-electron chi connectivity index (χ4n) is 3.28. The lowest BCUT2D eigenvalue weighted by molar-refractivity contribution is -0.131. The molecule has 1 aromatic carbocycles. The van der Waals surface area contributed by atoms with Crippen LogP contribution in [0.3, 0.4) is 0 Å². The summed E-state index contributed by atoms with van der Waals surface area (Å²) >= 11 is 6.37. The van der Waals surface area contributed by atoms with Crippen LogP contribution in [0.15, 0.2) is 41.3 Å². The molecule has 2 aromatic rings. The van der Waals surface area contributed by atoms with Crippen molar-refractivity contribution in [3.05, 3.63) is 51.9 Å². The molecule has 27 heavy (non-hydrogen) atoms. The van der Waals surface area contributed by atoms with Gasteiger partial charge in [0, 0.05) is 32.6 Å². The van der Waals surface area contributed by atoms with Crippen molar-refractivity contribution in [2.75, 3.05) is 31.1 Å². The van der Waals surface area contributed by atoms with Crippen molar-refractivity contribution in [1.82, 2.24) is 14.7 Å². The number of hydrogen-bond donors (Lipinski definition) is 0. The Labute approximate surface area is 164 Å². The zero-order valence-electron chi connectivity index (χ0n) is 15.6. The predicted octanol–water partition coefficient (Wildman–Crippen LogP) is 3.11. The fourth-order valence-corrected chi connectivity index (χ4v) is 3.53. The van der Waals surface area contributed by atoms with Gasteiger partial charge in [-0.15, -0.1) is 0 Å². The smallest absolute Gasteiger partial charge is 0.292 e. The van der Waals surface area contributed by atoms with Crippen LogP contribution in [0, 0.1) is 0 Å². The average molecular weight is 389 g/mol. The molecule has 2 heterocycles. The molecule has 0 spiro atoms. The van der Waals surface area contributed by atoms with Gasteiger partial charge < -0.3 is 9.80 Å². The van der Waals surface area contributed by atoms with Crippen LogP contribution in [0.2, 0.25) is 5.02 Å². The van der Waals surface area contributed by atoms with Crippen molar-refractivity contribution in [3.8, 4) is 5.69 Å². The number of amides is 1. The van der Waals surface area contributed by atoms with Crippen molar-refractivity contribution >= 4 is 23.2 Å². The Morgan fingerprint density at radius 1 is 1.11 bits per heavy atom. The van der Waals surface area contributed by atoms with Gasteiger partial charge in [0.05, 0.1) is 17.6 Å². The van der Waals surface area contributed by atoms with Crippen LogP contribution in [0.25, 0.3) is 5.69 Å². The SMILES string of the molecule is CCCCCC(=O)N1CCN(c2cnn(-c3ccccc3)c(=O)c2Cl)CC1. The summed E-state index contributed by atoms with van der Waals surface area (Å²) in [5, 5.41) is 4.45. The quantitative estimate of drug-likeness (QED) is 0.713. The number of carbonyl (C=O) groups excluding carboxylic acids is 1. The van der Waals surface area contributed by atoms with Crippen LogP contribution in [0.1, 0.15) is 32.6 Å². The van der Waals surface area contributed by atoms with E-state index in [9.17, 15) is 9.59 Å². The van der Waals surface area contributed by atoms with Gasteiger partial charge in [-0.1, -0.05) is 49.6 Å². The van der Waals surface area contributed by atoms with Crippen LogP contribution in [-0.2, 0) is 4.79 Å². The summed E-state index contributed by atoms with van der Waals surface area (Å²) in [6.45, 7) is 4.71. The first-order valence-electron chi connectivity index (χ1n) is 9.47. The van der Waals surface area contributed by atoms with E-state index in [0.29, 0.717) is 44.0 Å². The largest absolute Gasteiger partial charge is 0.365 e. The molecule has 1 amide bonds. The van der Waals surface area contributed by atoms with Crippen LogP contribution >= 0.6 is 11.6 Å². The zero-order valence-corrected chi connectivity index (χ0v) is 16.4. The molecule has 0 atom stereocenters. The topological polar surface area (TPSA) is 58.4 Å². The number of para-hydroxylation sites is 1. The van der Waals surface area contributed by atoms with E-state index in [0.717, 1.165) is 19.3 Å². The fraction of sp³-hybridized carbons (Fsp3) is 0.450. The summed E-state index contributed by atoms with van der Waals surface area (Å²) in [5.41, 5.74) is 0.976. The van der Waals surface area contributed by atoms with Gasteiger partial charge >= 0.3 is 0 Å². The Balaban J connectivity index is 1.67. The molecule has 1 saturated heterocycles. The van der Waals surface area contributed by atoms with E-state index < -0.39 is 0 Å². The lowest BCUT2D eigenvalue weighted by Gasteiger charge is -2.36. The molecule has 0 aliphatic carbocycles. The summed E-state index contributed by atoms with van der Waals surface area (Å²) < 4.78 is 1.30. The third-order valence-electron chi connectivity index (χ3n) is 4.87. The monoisotopic (exact) mass is 388 g/mol. The number of nitrogens with zero attached hydrogens (tertiary/aromatic N) is 4. The van der Waals surface area contributed by atoms with Crippen LogP contribution in [0.4, 0.5) is 5.69 Å².